The second-order valence-corrected chi connectivity index (χ2v) is 7.41. The third kappa shape index (κ3) is 5.00. The number of aryl methyl sites for hydroxylation is 1. The van der Waals surface area contributed by atoms with E-state index in [-0.39, 0.29) is 6.61 Å². The number of rotatable bonds is 4. The number of imidazole rings is 1. The van der Waals surface area contributed by atoms with Crippen molar-refractivity contribution in [2.45, 2.75) is 32.0 Å². The second kappa shape index (κ2) is 7.29. The fourth-order valence-corrected chi connectivity index (χ4v) is 2.92. The van der Waals surface area contributed by atoms with Gasteiger partial charge >= 0.3 is 5.97 Å². The average molecular weight is 390 g/mol. The molecule has 1 aliphatic rings. The van der Waals surface area contributed by atoms with Crippen LogP contribution in [0.5, 0.6) is 0 Å². The van der Waals surface area contributed by atoms with Gasteiger partial charge in [0.05, 0.1) is 13.2 Å². The molecule has 8 heteroatoms. The summed E-state index contributed by atoms with van der Waals surface area (Å²) in [6.45, 7) is 7.46. The Kier molecular flexibility index (Phi) is 5.83. The smallest absolute Gasteiger partial charge is 0.332 e. The van der Waals surface area contributed by atoms with Gasteiger partial charge in [-0.15, -0.1) is 0 Å². The molecule has 1 aromatic rings. The Bertz CT molecular complexity index is 545. The molecule has 0 aromatic carbocycles. The third-order valence-electron chi connectivity index (χ3n) is 3.31. The van der Waals surface area contributed by atoms with Gasteiger partial charge in [0.15, 0.2) is 5.60 Å². The first-order valence-electron chi connectivity index (χ1n) is 7.55. The Balaban J connectivity index is 2.17. The highest BCUT2D eigenvalue weighted by Crippen LogP contribution is 2.27. The third-order valence-corrected chi connectivity index (χ3v) is 3.69. The first-order valence-corrected chi connectivity index (χ1v) is 8.35. The van der Waals surface area contributed by atoms with E-state index in [1.807, 2.05) is 38.6 Å². The second-order valence-electron chi connectivity index (χ2n) is 6.60. The molecule has 1 atom stereocenters. The standard InChI is InChI=1S/C15H24BrN3O4/c1-14(2,3)23-12(20)8-22-15(9-17-5-6-21-10-15)13-18-11(16)7-19(13)4/h7,17H,5-6,8-10H2,1-4H3. The van der Waals surface area contributed by atoms with Gasteiger partial charge in [0.25, 0.3) is 0 Å². The lowest BCUT2D eigenvalue weighted by Crippen LogP contribution is -2.45. The van der Waals surface area contributed by atoms with Gasteiger partial charge in [0, 0.05) is 26.3 Å². The van der Waals surface area contributed by atoms with Crippen molar-refractivity contribution in [1.29, 1.82) is 0 Å². The molecule has 7 nitrogen and oxygen atoms in total. The van der Waals surface area contributed by atoms with Crippen molar-refractivity contribution in [3.8, 4) is 0 Å². The molecule has 1 saturated heterocycles. The molecular formula is C15H24BrN3O4. The van der Waals surface area contributed by atoms with E-state index in [4.69, 9.17) is 14.2 Å². The van der Waals surface area contributed by atoms with E-state index < -0.39 is 17.2 Å². The Morgan fingerprint density at radius 2 is 2.30 bits per heavy atom. The van der Waals surface area contributed by atoms with E-state index in [0.717, 1.165) is 6.54 Å². The van der Waals surface area contributed by atoms with Crippen LogP contribution in [0.15, 0.2) is 10.8 Å². The van der Waals surface area contributed by atoms with E-state index in [0.29, 0.717) is 30.2 Å². The summed E-state index contributed by atoms with van der Waals surface area (Å²) >= 11 is 3.37. The van der Waals surface area contributed by atoms with Crippen molar-refractivity contribution >= 4 is 21.9 Å². The number of ether oxygens (including phenoxy) is 3. The molecule has 1 aliphatic heterocycles. The van der Waals surface area contributed by atoms with Crippen molar-refractivity contribution in [2.24, 2.45) is 7.05 Å². The van der Waals surface area contributed by atoms with Crippen LogP contribution in [0, 0.1) is 0 Å². The maximum atomic E-state index is 12.0. The number of hydrogen-bond donors (Lipinski definition) is 1. The van der Waals surface area contributed by atoms with Crippen LogP contribution < -0.4 is 5.32 Å². The molecule has 1 fully saturated rings. The van der Waals surface area contributed by atoms with E-state index >= 15 is 0 Å². The van der Waals surface area contributed by atoms with Crippen LogP contribution in [0.4, 0.5) is 0 Å². The summed E-state index contributed by atoms with van der Waals surface area (Å²) < 4.78 is 19.5. The first-order chi connectivity index (χ1) is 10.7. The van der Waals surface area contributed by atoms with Crippen LogP contribution in [-0.4, -0.2) is 54.0 Å². The average Bonchev–Trinajstić information content (AvgIpc) is 2.64. The Hall–Kier alpha value is -0.960. The van der Waals surface area contributed by atoms with Crippen LogP contribution in [0.1, 0.15) is 26.6 Å². The van der Waals surface area contributed by atoms with Gasteiger partial charge in [-0.1, -0.05) is 0 Å². The van der Waals surface area contributed by atoms with Crippen molar-refractivity contribution < 1.29 is 19.0 Å². The van der Waals surface area contributed by atoms with Gasteiger partial charge in [0.2, 0.25) is 0 Å². The maximum Gasteiger partial charge on any atom is 0.332 e. The monoisotopic (exact) mass is 389 g/mol. The van der Waals surface area contributed by atoms with E-state index in [1.165, 1.54) is 0 Å². The molecule has 2 heterocycles. The SMILES string of the molecule is Cn1cc(Br)nc1C1(OCC(=O)OC(C)(C)C)CNCCOC1. The van der Waals surface area contributed by atoms with Crippen LogP contribution in [0.25, 0.3) is 0 Å². The molecule has 23 heavy (non-hydrogen) atoms. The predicted molar refractivity (Wildman–Crippen MR) is 88.1 cm³/mol. The first kappa shape index (κ1) is 18.4. The largest absolute Gasteiger partial charge is 0.458 e. The topological polar surface area (TPSA) is 74.6 Å². The van der Waals surface area contributed by atoms with Crippen molar-refractivity contribution in [2.75, 3.05) is 32.9 Å². The number of carbonyl (C=O) groups is 1. The lowest BCUT2D eigenvalue weighted by Gasteiger charge is -2.31. The summed E-state index contributed by atoms with van der Waals surface area (Å²) in [5.74, 6) is 0.289. The normalized spacial score (nSPS) is 22.7. The van der Waals surface area contributed by atoms with Crippen molar-refractivity contribution in [3.05, 3.63) is 16.6 Å². The maximum absolute atomic E-state index is 12.0. The van der Waals surface area contributed by atoms with Gasteiger partial charge in [-0.25, -0.2) is 9.78 Å². The van der Waals surface area contributed by atoms with Crippen molar-refractivity contribution in [1.82, 2.24) is 14.9 Å². The number of halogens is 1. The number of aromatic nitrogens is 2. The zero-order chi connectivity index (χ0) is 17.1. The molecule has 0 aliphatic carbocycles. The Morgan fingerprint density at radius 3 is 2.91 bits per heavy atom. The lowest BCUT2D eigenvalue weighted by molar-refractivity contribution is -0.171. The molecule has 1 N–H and O–H groups in total. The zero-order valence-corrected chi connectivity index (χ0v) is 15.6. The van der Waals surface area contributed by atoms with Gasteiger partial charge in [-0.05, 0) is 36.7 Å². The fraction of sp³-hybridized carbons (Fsp3) is 0.733. The molecule has 1 aromatic heterocycles. The molecule has 1 unspecified atom stereocenters. The minimum atomic E-state index is -0.839. The quantitative estimate of drug-likeness (QED) is 0.783. The molecule has 0 spiro atoms. The van der Waals surface area contributed by atoms with Crippen LogP contribution in [-0.2, 0) is 31.7 Å². The summed E-state index contributed by atoms with van der Waals surface area (Å²) in [4.78, 5) is 16.5. The summed E-state index contributed by atoms with van der Waals surface area (Å²) in [6.07, 6.45) is 1.85. The van der Waals surface area contributed by atoms with E-state index in [9.17, 15) is 4.79 Å². The molecule has 0 saturated carbocycles. The number of nitrogens with one attached hydrogen (secondary N) is 1. The van der Waals surface area contributed by atoms with Gasteiger partial charge < -0.3 is 24.1 Å². The predicted octanol–water partition coefficient (Wildman–Crippen LogP) is 1.36. The molecule has 130 valence electrons. The van der Waals surface area contributed by atoms with Gasteiger partial charge in [-0.3, -0.25) is 0 Å². The summed E-state index contributed by atoms with van der Waals surface area (Å²) in [5, 5.41) is 3.27. The van der Waals surface area contributed by atoms with Crippen LogP contribution in [0.3, 0.4) is 0 Å². The highest BCUT2D eigenvalue weighted by molar-refractivity contribution is 9.10. The minimum Gasteiger partial charge on any atom is -0.458 e. The number of hydrogen-bond acceptors (Lipinski definition) is 6. The number of carbonyl (C=O) groups excluding carboxylic acids is 1. The fourth-order valence-electron chi connectivity index (χ4n) is 2.44. The molecule has 0 radical (unpaired) electrons. The van der Waals surface area contributed by atoms with Crippen LogP contribution in [0.2, 0.25) is 0 Å². The van der Waals surface area contributed by atoms with Crippen LogP contribution >= 0.6 is 15.9 Å². The lowest BCUT2D eigenvalue weighted by atomic mass is 10.0. The summed E-state index contributed by atoms with van der Waals surface area (Å²) in [5.41, 5.74) is -1.38. The highest BCUT2D eigenvalue weighted by atomic mass is 79.9. The zero-order valence-electron chi connectivity index (χ0n) is 14.0. The number of nitrogens with zero attached hydrogens (tertiary/aromatic N) is 2. The minimum absolute atomic E-state index is 0.160. The van der Waals surface area contributed by atoms with Crippen molar-refractivity contribution in [3.63, 3.8) is 0 Å². The summed E-state index contributed by atoms with van der Waals surface area (Å²) in [6, 6.07) is 0. The van der Waals surface area contributed by atoms with Gasteiger partial charge in [0.1, 0.15) is 22.6 Å². The van der Waals surface area contributed by atoms with Gasteiger partial charge in [-0.2, -0.15) is 0 Å². The molecule has 0 bridgehead atoms. The highest BCUT2D eigenvalue weighted by Gasteiger charge is 2.40. The molecular weight excluding hydrogens is 366 g/mol. The Morgan fingerprint density at radius 1 is 1.57 bits per heavy atom. The Labute approximate surface area is 144 Å². The molecule has 2 rings (SSSR count). The molecule has 0 amide bonds. The van der Waals surface area contributed by atoms with E-state index in [2.05, 4.69) is 26.2 Å². The summed E-state index contributed by atoms with van der Waals surface area (Å²) in [7, 11) is 1.89. The number of esters is 1. The van der Waals surface area contributed by atoms with E-state index in [1.54, 1.807) is 0 Å².